The molecule has 18 heavy (non-hydrogen) atoms. The number of nitrogen functional groups attached to an aromatic ring is 1. The van der Waals surface area contributed by atoms with Crippen LogP contribution in [0.15, 0.2) is 18.7 Å². The summed E-state index contributed by atoms with van der Waals surface area (Å²) in [6.45, 7) is -0.273. The summed E-state index contributed by atoms with van der Waals surface area (Å²) in [4.78, 5) is 12.0. The van der Waals surface area contributed by atoms with Crippen molar-refractivity contribution in [3.8, 4) is 0 Å². The molecule has 94 valence electrons. The molecule has 0 aliphatic carbocycles. The highest BCUT2D eigenvalue weighted by Gasteiger charge is 2.28. The number of nitrogens with two attached hydrogens (primary N) is 1. The van der Waals surface area contributed by atoms with E-state index in [-0.39, 0.29) is 12.4 Å². The van der Waals surface area contributed by atoms with Gasteiger partial charge in [0.2, 0.25) is 0 Å². The first-order valence-electron chi connectivity index (χ1n) is 5.32. The number of hydrogen-bond donors (Lipinski definition) is 3. The van der Waals surface area contributed by atoms with Crippen LogP contribution in [0.2, 0.25) is 0 Å². The SMILES string of the molecule is Nc1ncnc2c1ncn2C1=C[C@H](O)[C@@H](CO)O1. The normalized spacial score (nSPS) is 23.1. The number of ether oxygens (including phenoxy) is 1. The zero-order valence-corrected chi connectivity index (χ0v) is 9.26. The Morgan fingerprint density at radius 3 is 2.94 bits per heavy atom. The summed E-state index contributed by atoms with van der Waals surface area (Å²) in [6.07, 6.45) is 2.76. The zero-order valence-electron chi connectivity index (χ0n) is 9.26. The highest BCUT2D eigenvalue weighted by molar-refractivity contribution is 5.83. The third kappa shape index (κ3) is 1.50. The van der Waals surface area contributed by atoms with Crippen molar-refractivity contribution in [1.29, 1.82) is 0 Å². The number of fused-ring (bicyclic) bond motifs is 1. The third-order valence-corrected chi connectivity index (χ3v) is 2.75. The van der Waals surface area contributed by atoms with Crippen LogP contribution in [0.1, 0.15) is 0 Å². The first-order valence-corrected chi connectivity index (χ1v) is 5.32. The molecule has 3 heterocycles. The minimum Gasteiger partial charge on any atom is -0.470 e. The standard InChI is InChI=1S/C10H11N5O3/c11-9-8-10(13-3-12-9)15(4-14-8)7-1-5(17)6(2-16)18-7/h1,3-6,16-17H,2H2,(H2,11,12,13)/t5-,6+/m0/s1. The minimum atomic E-state index is -0.860. The van der Waals surface area contributed by atoms with Crippen molar-refractivity contribution in [2.45, 2.75) is 12.2 Å². The molecule has 0 saturated heterocycles. The second kappa shape index (κ2) is 3.93. The van der Waals surface area contributed by atoms with Crippen molar-refractivity contribution in [3.63, 3.8) is 0 Å². The van der Waals surface area contributed by atoms with E-state index in [0.717, 1.165) is 0 Å². The molecule has 0 unspecified atom stereocenters. The van der Waals surface area contributed by atoms with E-state index in [9.17, 15) is 5.11 Å². The van der Waals surface area contributed by atoms with Gasteiger partial charge in [-0.2, -0.15) is 0 Å². The highest BCUT2D eigenvalue weighted by Crippen LogP contribution is 2.25. The van der Waals surface area contributed by atoms with Gasteiger partial charge in [0.1, 0.15) is 18.8 Å². The average Bonchev–Trinajstić information content (AvgIpc) is 2.93. The molecule has 0 aromatic carbocycles. The van der Waals surface area contributed by atoms with Crippen LogP contribution in [-0.2, 0) is 4.74 Å². The lowest BCUT2D eigenvalue weighted by molar-refractivity contribution is 0.0258. The van der Waals surface area contributed by atoms with Gasteiger partial charge in [-0.25, -0.2) is 15.0 Å². The van der Waals surface area contributed by atoms with Crippen molar-refractivity contribution in [3.05, 3.63) is 18.7 Å². The number of nitrogens with zero attached hydrogens (tertiary/aromatic N) is 4. The Labute approximate surface area is 101 Å². The third-order valence-electron chi connectivity index (χ3n) is 2.75. The Balaban J connectivity index is 2.06. The largest absolute Gasteiger partial charge is 0.470 e. The van der Waals surface area contributed by atoms with Crippen molar-refractivity contribution >= 4 is 22.9 Å². The van der Waals surface area contributed by atoms with Crippen molar-refractivity contribution < 1.29 is 14.9 Å². The lowest BCUT2D eigenvalue weighted by atomic mass is 10.2. The lowest BCUT2D eigenvalue weighted by Gasteiger charge is -2.12. The summed E-state index contributed by atoms with van der Waals surface area (Å²) < 4.78 is 6.95. The zero-order chi connectivity index (χ0) is 12.7. The van der Waals surface area contributed by atoms with Gasteiger partial charge in [0.05, 0.1) is 6.61 Å². The van der Waals surface area contributed by atoms with E-state index >= 15 is 0 Å². The van der Waals surface area contributed by atoms with Crippen LogP contribution >= 0.6 is 0 Å². The van der Waals surface area contributed by atoms with E-state index in [4.69, 9.17) is 15.6 Å². The lowest BCUT2D eigenvalue weighted by Crippen LogP contribution is -2.25. The second-order valence-corrected chi connectivity index (χ2v) is 3.88. The van der Waals surface area contributed by atoms with E-state index in [1.165, 1.54) is 18.7 Å². The fourth-order valence-electron chi connectivity index (χ4n) is 1.81. The fourth-order valence-corrected chi connectivity index (χ4v) is 1.81. The highest BCUT2D eigenvalue weighted by atomic mass is 16.5. The van der Waals surface area contributed by atoms with Gasteiger partial charge < -0.3 is 20.7 Å². The van der Waals surface area contributed by atoms with E-state index in [1.54, 1.807) is 4.57 Å². The fraction of sp³-hybridized carbons (Fsp3) is 0.300. The summed E-state index contributed by atoms with van der Waals surface area (Å²) in [7, 11) is 0. The van der Waals surface area contributed by atoms with Crippen LogP contribution in [0.25, 0.3) is 17.0 Å². The predicted molar refractivity (Wildman–Crippen MR) is 62.0 cm³/mol. The second-order valence-electron chi connectivity index (χ2n) is 3.88. The number of anilines is 1. The molecule has 4 N–H and O–H groups in total. The van der Waals surface area contributed by atoms with Crippen LogP contribution in [0.3, 0.4) is 0 Å². The Bertz CT molecular complexity index is 623. The van der Waals surface area contributed by atoms with Gasteiger partial charge in [0.25, 0.3) is 0 Å². The van der Waals surface area contributed by atoms with Crippen LogP contribution in [-0.4, -0.2) is 48.5 Å². The van der Waals surface area contributed by atoms with Crippen molar-refractivity contribution in [1.82, 2.24) is 19.5 Å². The van der Waals surface area contributed by atoms with E-state index in [2.05, 4.69) is 15.0 Å². The molecule has 2 aromatic heterocycles. The first kappa shape index (κ1) is 10.9. The van der Waals surface area contributed by atoms with E-state index < -0.39 is 12.2 Å². The van der Waals surface area contributed by atoms with Gasteiger partial charge in [-0.1, -0.05) is 0 Å². The maximum Gasteiger partial charge on any atom is 0.199 e. The average molecular weight is 249 g/mol. The Morgan fingerprint density at radius 2 is 2.22 bits per heavy atom. The molecule has 0 amide bonds. The summed E-state index contributed by atoms with van der Waals surface area (Å²) >= 11 is 0. The van der Waals surface area contributed by atoms with Gasteiger partial charge >= 0.3 is 0 Å². The van der Waals surface area contributed by atoms with Crippen LogP contribution < -0.4 is 5.73 Å². The smallest absolute Gasteiger partial charge is 0.199 e. The maximum absolute atomic E-state index is 9.63. The topological polar surface area (TPSA) is 119 Å². The summed E-state index contributed by atoms with van der Waals surface area (Å²) in [6, 6.07) is 0. The van der Waals surface area contributed by atoms with E-state index in [1.807, 2.05) is 0 Å². The van der Waals surface area contributed by atoms with Crippen LogP contribution in [0.5, 0.6) is 0 Å². The molecule has 8 nitrogen and oxygen atoms in total. The molecule has 1 aliphatic rings. The number of hydrogen-bond acceptors (Lipinski definition) is 7. The summed E-state index contributed by atoms with van der Waals surface area (Å²) in [5.74, 6) is 0.638. The molecule has 0 bridgehead atoms. The maximum atomic E-state index is 9.63. The molecule has 2 aromatic rings. The molecule has 0 spiro atoms. The van der Waals surface area contributed by atoms with Gasteiger partial charge in [-0.05, 0) is 0 Å². The molecule has 0 saturated carbocycles. The van der Waals surface area contributed by atoms with Crippen molar-refractivity contribution in [2.75, 3.05) is 12.3 Å². The molecule has 2 atom stereocenters. The summed E-state index contributed by atoms with van der Waals surface area (Å²) in [5.41, 5.74) is 6.62. The number of rotatable bonds is 2. The molecular formula is C10H11N5O3. The molecule has 0 radical (unpaired) electrons. The van der Waals surface area contributed by atoms with Crippen LogP contribution in [0, 0.1) is 0 Å². The number of aliphatic hydroxyl groups is 2. The molecule has 0 fully saturated rings. The van der Waals surface area contributed by atoms with Crippen molar-refractivity contribution in [2.24, 2.45) is 0 Å². The Morgan fingerprint density at radius 1 is 1.39 bits per heavy atom. The predicted octanol–water partition coefficient (Wildman–Crippen LogP) is -1.04. The van der Waals surface area contributed by atoms with Gasteiger partial charge in [0.15, 0.2) is 29.0 Å². The number of imidazole rings is 1. The van der Waals surface area contributed by atoms with Gasteiger partial charge in [-0.15, -0.1) is 0 Å². The summed E-state index contributed by atoms with van der Waals surface area (Å²) in [5, 5.41) is 18.7. The molecule has 1 aliphatic heterocycles. The van der Waals surface area contributed by atoms with Gasteiger partial charge in [0, 0.05) is 6.08 Å². The quantitative estimate of drug-likeness (QED) is 0.621. The first-order chi connectivity index (χ1) is 8.70. The number of aromatic nitrogens is 4. The molecular weight excluding hydrogens is 238 g/mol. The molecule has 3 rings (SSSR count). The van der Waals surface area contributed by atoms with Crippen LogP contribution in [0.4, 0.5) is 5.82 Å². The Kier molecular flexibility index (Phi) is 2.39. The van der Waals surface area contributed by atoms with Gasteiger partial charge in [-0.3, -0.25) is 4.57 Å². The number of aliphatic hydroxyl groups excluding tert-OH is 2. The minimum absolute atomic E-state index is 0.273. The van der Waals surface area contributed by atoms with E-state index in [0.29, 0.717) is 17.0 Å². The molecule has 8 heteroatoms. The monoisotopic (exact) mass is 249 g/mol. The Hall–Kier alpha value is -2.19.